The summed E-state index contributed by atoms with van der Waals surface area (Å²) < 4.78 is 13.1. The Hall–Kier alpha value is -0.600. The first kappa shape index (κ1) is 11.5. The van der Waals surface area contributed by atoms with E-state index in [0.717, 1.165) is 11.1 Å². The standard InChI is InChI=1S/C11H15ClFN/c1-7-8(6-11(2,3)14)4-9(13)5-10(7)12/h4-5H,6,14H2,1-3H3. The van der Waals surface area contributed by atoms with Crippen LogP contribution in [0.5, 0.6) is 0 Å². The molecule has 0 unspecified atom stereocenters. The molecule has 2 N–H and O–H groups in total. The van der Waals surface area contributed by atoms with Crippen LogP contribution in [-0.4, -0.2) is 5.54 Å². The van der Waals surface area contributed by atoms with E-state index in [-0.39, 0.29) is 11.4 Å². The molecule has 14 heavy (non-hydrogen) atoms. The molecule has 3 heteroatoms. The van der Waals surface area contributed by atoms with Gasteiger partial charge in [0.1, 0.15) is 5.82 Å². The van der Waals surface area contributed by atoms with Crippen molar-refractivity contribution in [1.82, 2.24) is 0 Å². The molecule has 0 saturated heterocycles. The Morgan fingerprint density at radius 2 is 2.00 bits per heavy atom. The lowest BCUT2D eigenvalue weighted by molar-refractivity contribution is 0.513. The summed E-state index contributed by atoms with van der Waals surface area (Å²) >= 11 is 5.87. The number of rotatable bonds is 2. The zero-order chi connectivity index (χ0) is 10.9. The lowest BCUT2D eigenvalue weighted by Gasteiger charge is -2.20. The topological polar surface area (TPSA) is 26.0 Å². The highest BCUT2D eigenvalue weighted by molar-refractivity contribution is 6.31. The van der Waals surface area contributed by atoms with Crippen LogP contribution in [0.3, 0.4) is 0 Å². The maximum Gasteiger partial charge on any atom is 0.124 e. The maximum absolute atomic E-state index is 13.1. The number of halogens is 2. The molecule has 0 bridgehead atoms. The number of hydrogen-bond donors (Lipinski definition) is 1. The largest absolute Gasteiger partial charge is 0.325 e. The average Bonchev–Trinajstić information content (AvgIpc) is 1.96. The molecule has 0 aliphatic rings. The van der Waals surface area contributed by atoms with Crippen molar-refractivity contribution in [2.45, 2.75) is 32.7 Å². The summed E-state index contributed by atoms with van der Waals surface area (Å²) in [6.45, 7) is 5.69. The molecule has 0 aromatic heterocycles. The molecule has 0 radical (unpaired) electrons. The Balaban J connectivity index is 3.09. The van der Waals surface area contributed by atoms with E-state index in [9.17, 15) is 4.39 Å². The highest BCUT2D eigenvalue weighted by Gasteiger charge is 2.15. The minimum Gasteiger partial charge on any atom is -0.325 e. The van der Waals surface area contributed by atoms with Crippen molar-refractivity contribution < 1.29 is 4.39 Å². The fraction of sp³-hybridized carbons (Fsp3) is 0.455. The van der Waals surface area contributed by atoms with Gasteiger partial charge in [-0.1, -0.05) is 11.6 Å². The molecular formula is C11H15ClFN. The Morgan fingerprint density at radius 3 is 2.50 bits per heavy atom. The third-order valence-corrected chi connectivity index (χ3v) is 2.46. The molecule has 0 fully saturated rings. The molecular weight excluding hydrogens is 201 g/mol. The first-order chi connectivity index (χ1) is 6.29. The molecule has 0 aliphatic carbocycles. The van der Waals surface area contributed by atoms with Gasteiger partial charge in [-0.05, 0) is 50.5 Å². The molecule has 0 atom stereocenters. The van der Waals surface area contributed by atoms with Gasteiger partial charge >= 0.3 is 0 Å². The quantitative estimate of drug-likeness (QED) is 0.806. The smallest absolute Gasteiger partial charge is 0.124 e. The Morgan fingerprint density at radius 1 is 1.43 bits per heavy atom. The molecule has 1 aromatic rings. The number of benzene rings is 1. The molecule has 0 saturated carbocycles. The third-order valence-electron chi connectivity index (χ3n) is 2.06. The van der Waals surface area contributed by atoms with Gasteiger partial charge in [0.05, 0.1) is 0 Å². The van der Waals surface area contributed by atoms with E-state index < -0.39 is 0 Å². The van der Waals surface area contributed by atoms with Crippen LogP contribution in [0.1, 0.15) is 25.0 Å². The van der Waals surface area contributed by atoms with Gasteiger partial charge < -0.3 is 5.73 Å². The Labute approximate surface area is 89.1 Å². The molecule has 0 heterocycles. The van der Waals surface area contributed by atoms with Crippen molar-refractivity contribution >= 4 is 11.6 Å². The molecule has 0 amide bonds. The van der Waals surface area contributed by atoms with Crippen LogP contribution < -0.4 is 5.73 Å². The van der Waals surface area contributed by atoms with Crippen molar-refractivity contribution in [3.8, 4) is 0 Å². The van der Waals surface area contributed by atoms with Gasteiger partial charge in [-0.15, -0.1) is 0 Å². The fourth-order valence-corrected chi connectivity index (χ4v) is 1.60. The van der Waals surface area contributed by atoms with Gasteiger partial charge in [0, 0.05) is 10.6 Å². The van der Waals surface area contributed by atoms with Gasteiger partial charge in [-0.25, -0.2) is 4.39 Å². The van der Waals surface area contributed by atoms with E-state index in [4.69, 9.17) is 17.3 Å². The monoisotopic (exact) mass is 215 g/mol. The van der Waals surface area contributed by atoms with Gasteiger partial charge in [-0.3, -0.25) is 0 Å². The van der Waals surface area contributed by atoms with Gasteiger partial charge in [-0.2, -0.15) is 0 Å². The van der Waals surface area contributed by atoms with Gasteiger partial charge in [0.15, 0.2) is 0 Å². The van der Waals surface area contributed by atoms with Crippen molar-refractivity contribution in [2.24, 2.45) is 5.73 Å². The van der Waals surface area contributed by atoms with E-state index in [2.05, 4.69) is 0 Å². The Bertz CT molecular complexity index is 342. The lowest BCUT2D eigenvalue weighted by atomic mass is 9.93. The normalized spacial score (nSPS) is 11.9. The fourth-order valence-electron chi connectivity index (χ4n) is 1.37. The summed E-state index contributed by atoms with van der Waals surface area (Å²) in [4.78, 5) is 0. The Kier molecular flexibility index (Phi) is 3.17. The van der Waals surface area contributed by atoms with E-state index in [1.54, 1.807) is 0 Å². The highest BCUT2D eigenvalue weighted by Crippen LogP contribution is 2.23. The van der Waals surface area contributed by atoms with E-state index in [0.29, 0.717) is 11.4 Å². The van der Waals surface area contributed by atoms with Crippen LogP contribution >= 0.6 is 11.6 Å². The zero-order valence-corrected chi connectivity index (χ0v) is 9.45. The van der Waals surface area contributed by atoms with Crippen LogP contribution in [0.2, 0.25) is 5.02 Å². The van der Waals surface area contributed by atoms with Crippen molar-refractivity contribution in [2.75, 3.05) is 0 Å². The number of nitrogens with two attached hydrogens (primary N) is 1. The average molecular weight is 216 g/mol. The molecule has 1 nitrogen and oxygen atoms in total. The second-order valence-corrected chi connectivity index (χ2v) is 4.74. The zero-order valence-electron chi connectivity index (χ0n) is 8.70. The maximum atomic E-state index is 13.1. The van der Waals surface area contributed by atoms with Crippen LogP contribution in [0.25, 0.3) is 0 Å². The first-order valence-corrected chi connectivity index (χ1v) is 4.91. The second kappa shape index (κ2) is 3.87. The van der Waals surface area contributed by atoms with E-state index >= 15 is 0 Å². The molecule has 78 valence electrons. The first-order valence-electron chi connectivity index (χ1n) is 4.53. The lowest BCUT2D eigenvalue weighted by Crippen LogP contribution is -2.34. The van der Waals surface area contributed by atoms with Crippen LogP contribution in [0.15, 0.2) is 12.1 Å². The highest BCUT2D eigenvalue weighted by atomic mass is 35.5. The predicted octanol–water partition coefficient (Wildman–Crippen LogP) is 3.07. The van der Waals surface area contributed by atoms with Crippen LogP contribution in [0.4, 0.5) is 4.39 Å². The summed E-state index contributed by atoms with van der Waals surface area (Å²) in [5.41, 5.74) is 7.31. The minimum atomic E-state index is -0.345. The van der Waals surface area contributed by atoms with E-state index in [1.165, 1.54) is 12.1 Å². The van der Waals surface area contributed by atoms with Crippen molar-refractivity contribution in [3.63, 3.8) is 0 Å². The van der Waals surface area contributed by atoms with E-state index in [1.807, 2.05) is 20.8 Å². The van der Waals surface area contributed by atoms with Gasteiger partial charge in [0.25, 0.3) is 0 Å². The van der Waals surface area contributed by atoms with Crippen LogP contribution in [0, 0.1) is 12.7 Å². The summed E-state index contributed by atoms with van der Waals surface area (Å²) in [5, 5.41) is 0.462. The number of hydrogen-bond acceptors (Lipinski definition) is 1. The SMILES string of the molecule is Cc1c(Cl)cc(F)cc1CC(C)(C)N. The molecule has 0 spiro atoms. The van der Waals surface area contributed by atoms with Crippen molar-refractivity contribution in [3.05, 3.63) is 34.1 Å². The van der Waals surface area contributed by atoms with Crippen molar-refractivity contribution in [1.29, 1.82) is 0 Å². The third kappa shape index (κ3) is 2.96. The van der Waals surface area contributed by atoms with Crippen LogP contribution in [-0.2, 0) is 6.42 Å². The predicted molar refractivity (Wildman–Crippen MR) is 58.1 cm³/mol. The summed E-state index contributed by atoms with van der Waals surface area (Å²) in [6.07, 6.45) is 0.621. The second-order valence-electron chi connectivity index (χ2n) is 4.34. The minimum absolute atomic E-state index is 0.306. The van der Waals surface area contributed by atoms with Gasteiger partial charge in [0.2, 0.25) is 0 Å². The summed E-state index contributed by atoms with van der Waals surface area (Å²) in [5.74, 6) is -0.306. The molecule has 1 aromatic carbocycles. The molecule has 1 rings (SSSR count). The summed E-state index contributed by atoms with van der Waals surface area (Å²) in [6, 6.07) is 2.82. The summed E-state index contributed by atoms with van der Waals surface area (Å²) in [7, 11) is 0. The molecule has 0 aliphatic heterocycles.